The first-order valence-electron chi connectivity index (χ1n) is 8.81. The van der Waals surface area contributed by atoms with E-state index in [-0.39, 0.29) is 17.3 Å². The van der Waals surface area contributed by atoms with E-state index in [1.54, 1.807) is 36.1 Å². The molecule has 1 N–H and O–H groups in total. The second-order valence-corrected chi connectivity index (χ2v) is 6.93. The van der Waals surface area contributed by atoms with Gasteiger partial charge in [-0.3, -0.25) is 4.79 Å². The lowest BCUT2D eigenvalue weighted by molar-refractivity contribution is 0.0669. The zero-order valence-electron chi connectivity index (χ0n) is 14.7. The molecule has 0 radical (unpaired) electrons. The number of likely N-dealkylation sites (tertiary alicyclic amines) is 1. The topological polar surface area (TPSA) is 57.6 Å². The van der Waals surface area contributed by atoms with Crippen LogP contribution in [0.4, 0.5) is 4.39 Å². The van der Waals surface area contributed by atoms with E-state index in [0.717, 1.165) is 24.8 Å². The Morgan fingerprint density at radius 2 is 1.85 bits per heavy atom. The van der Waals surface area contributed by atoms with Gasteiger partial charge in [0.2, 0.25) is 0 Å². The number of carbonyl (C=O) groups excluding carboxylic acids is 1. The molecule has 0 saturated carbocycles. The lowest BCUT2D eigenvalue weighted by Gasteiger charge is -2.33. The molecule has 1 unspecified atom stereocenters. The Hall–Kier alpha value is -2.69. The summed E-state index contributed by atoms with van der Waals surface area (Å²) in [6.45, 7) is 2.99. The van der Waals surface area contributed by atoms with E-state index >= 15 is 0 Å². The Morgan fingerprint density at radius 1 is 1.15 bits per heavy atom. The van der Waals surface area contributed by atoms with Crippen molar-refractivity contribution in [2.45, 2.75) is 26.2 Å². The van der Waals surface area contributed by atoms with E-state index in [0.29, 0.717) is 30.1 Å². The minimum Gasteiger partial charge on any atom is -0.478 e. The standard InChI is InChI=1S/C21H22FNO3/c1-14-4-7-18(12-19(14)22)20(24)23-10-2-3-16(13-23)11-15-5-8-17(9-6-15)21(25)26/h4-9,12,16H,2-3,10-11,13H2,1H3,(H,25,26). The molecule has 3 rings (SSSR count). The molecule has 1 atom stereocenters. The number of carboxylic acids is 1. The zero-order chi connectivity index (χ0) is 18.7. The van der Waals surface area contributed by atoms with E-state index in [1.165, 1.54) is 6.07 Å². The Labute approximate surface area is 152 Å². The largest absolute Gasteiger partial charge is 0.478 e. The van der Waals surface area contributed by atoms with Crippen molar-refractivity contribution in [2.75, 3.05) is 13.1 Å². The highest BCUT2D eigenvalue weighted by atomic mass is 19.1. The van der Waals surface area contributed by atoms with Gasteiger partial charge in [-0.25, -0.2) is 9.18 Å². The number of carboxylic acid groups (broad SMARTS) is 1. The number of benzene rings is 2. The van der Waals surface area contributed by atoms with Crippen LogP contribution in [0.1, 0.15) is 44.7 Å². The molecule has 1 amide bonds. The minimum absolute atomic E-state index is 0.130. The molecule has 1 saturated heterocycles. The number of hydrogen-bond donors (Lipinski definition) is 1. The first kappa shape index (κ1) is 18.1. The molecule has 136 valence electrons. The van der Waals surface area contributed by atoms with Gasteiger partial charge < -0.3 is 10.0 Å². The van der Waals surface area contributed by atoms with Gasteiger partial charge in [-0.1, -0.05) is 18.2 Å². The molecule has 0 aromatic heterocycles. The first-order valence-corrected chi connectivity index (χ1v) is 8.81. The van der Waals surface area contributed by atoms with Gasteiger partial charge in [-0.15, -0.1) is 0 Å². The number of hydrogen-bond acceptors (Lipinski definition) is 2. The van der Waals surface area contributed by atoms with Crippen LogP contribution in [0.5, 0.6) is 0 Å². The molecule has 1 heterocycles. The third-order valence-corrected chi connectivity index (χ3v) is 4.95. The summed E-state index contributed by atoms with van der Waals surface area (Å²) in [6.07, 6.45) is 2.73. The average molecular weight is 355 g/mol. The summed E-state index contributed by atoms with van der Waals surface area (Å²) in [6, 6.07) is 11.5. The van der Waals surface area contributed by atoms with Gasteiger partial charge in [0.05, 0.1) is 5.56 Å². The number of piperidine rings is 1. The van der Waals surface area contributed by atoms with E-state index < -0.39 is 5.97 Å². The van der Waals surface area contributed by atoms with Crippen LogP contribution in [0.25, 0.3) is 0 Å². The third kappa shape index (κ3) is 4.10. The number of carbonyl (C=O) groups is 2. The summed E-state index contributed by atoms with van der Waals surface area (Å²) < 4.78 is 13.7. The summed E-state index contributed by atoms with van der Waals surface area (Å²) in [5.41, 5.74) is 2.26. The molecule has 26 heavy (non-hydrogen) atoms. The number of aromatic carboxylic acids is 1. The van der Waals surface area contributed by atoms with Crippen LogP contribution in [0.2, 0.25) is 0 Å². The predicted molar refractivity (Wildman–Crippen MR) is 96.9 cm³/mol. The molecule has 2 aromatic rings. The quantitative estimate of drug-likeness (QED) is 0.904. The molecule has 1 fully saturated rings. The Morgan fingerprint density at radius 3 is 2.50 bits per heavy atom. The smallest absolute Gasteiger partial charge is 0.335 e. The van der Waals surface area contributed by atoms with E-state index in [9.17, 15) is 14.0 Å². The van der Waals surface area contributed by atoms with Crippen molar-refractivity contribution in [3.05, 3.63) is 70.5 Å². The fourth-order valence-electron chi connectivity index (χ4n) is 3.44. The summed E-state index contributed by atoms with van der Waals surface area (Å²) in [5, 5.41) is 8.97. The monoisotopic (exact) mass is 355 g/mol. The van der Waals surface area contributed by atoms with Crippen molar-refractivity contribution in [1.29, 1.82) is 0 Å². The summed E-state index contributed by atoms with van der Waals surface area (Å²) in [5.74, 6) is -1.10. The van der Waals surface area contributed by atoms with Crippen LogP contribution in [0, 0.1) is 18.7 Å². The number of amides is 1. The van der Waals surface area contributed by atoms with Crippen LogP contribution in [0.3, 0.4) is 0 Å². The molecule has 1 aliphatic rings. The molecule has 2 aromatic carbocycles. The maximum Gasteiger partial charge on any atom is 0.335 e. The maximum absolute atomic E-state index is 13.7. The third-order valence-electron chi connectivity index (χ3n) is 4.95. The molecular weight excluding hydrogens is 333 g/mol. The predicted octanol–water partition coefficient (Wildman–Crippen LogP) is 3.93. The van der Waals surface area contributed by atoms with Crippen molar-refractivity contribution >= 4 is 11.9 Å². The highest BCUT2D eigenvalue weighted by Crippen LogP contribution is 2.23. The molecule has 0 spiro atoms. The number of rotatable bonds is 4. The van der Waals surface area contributed by atoms with Gasteiger partial charge >= 0.3 is 5.97 Å². The minimum atomic E-state index is -0.934. The lowest BCUT2D eigenvalue weighted by atomic mass is 9.90. The number of nitrogens with zero attached hydrogens (tertiary/aromatic N) is 1. The summed E-state index contributed by atoms with van der Waals surface area (Å²) in [4.78, 5) is 25.4. The van der Waals surface area contributed by atoms with Crippen molar-refractivity contribution in [3.63, 3.8) is 0 Å². The van der Waals surface area contributed by atoms with Gasteiger partial charge in [-0.2, -0.15) is 0 Å². The van der Waals surface area contributed by atoms with Crippen LogP contribution >= 0.6 is 0 Å². The van der Waals surface area contributed by atoms with Crippen molar-refractivity contribution < 1.29 is 19.1 Å². The average Bonchev–Trinajstić information content (AvgIpc) is 2.64. The number of halogens is 1. The highest BCUT2D eigenvalue weighted by Gasteiger charge is 2.25. The summed E-state index contributed by atoms with van der Waals surface area (Å²) in [7, 11) is 0. The van der Waals surface area contributed by atoms with Crippen LogP contribution in [0.15, 0.2) is 42.5 Å². The summed E-state index contributed by atoms with van der Waals surface area (Å²) >= 11 is 0. The van der Waals surface area contributed by atoms with Crippen molar-refractivity contribution in [2.24, 2.45) is 5.92 Å². The van der Waals surface area contributed by atoms with E-state index in [4.69, 9.17) is 5.11 Å². The SMILES string of the molecule is Cc1ccc(C(=O)N2CCCC(Cc3ccc(C(=O)O)cc3)C2)cc1F. The van der Waals surface area contributed by atoms with Crippen molar-refractivity contribution in [1.82, 2.24) is 4.90 Å². The van der Waals surface area contributed by atoms with Gasteiger partial charge in [0.1, 0.15) is 5.82 Å². The molecule has 4 nitrogen and oxygen atoms in total. The molecule has 1 aliphatic heterocycles. The Balaban J connectivity index is 1.65. The lowest BCUT2D eigenvalue weighted by Crippen LogP contribution is -2.40. The van der Waals surface area contributed by atoms with Gasteiger partial charge in [0.25, 0.3) is 5.91 Å². The van der Waals surface area contributed by atoms with E-state index in [1.807, 2.05) is 12.1 Å². The fraction of sp³-hybridized carbons (Fsp3) is 0.333. The molecular formula is C21H22FNO3. The second kappa shape index (κ2) is 7.68. The van der Waals surface area contributed by atoms with E-state index in [2.05, 4.69) is 0 Å². The van der Waals surface area contributed by atoms with Gasteiger partial charge in [-0.05, 0) is 67.5 Å². The van der Waals surface area contributed by atoms with Crippen LogP contribution in [-0.4, -0.2) is 35.0 Å². The maximum atomic E-state index is 13.7. The second-order valence-electron chi connectivity index (χ2n) is 6.93. The number of aryl methyl sites for hydroxylation is 1. The van der Waals surface area contributed by atoms with Crippen molar-refractivity contribution in [3.8, 4) is 0 Å². The molecule has 5 heteroatoms. The van der Waals surface area contributed by atoms with Crippen LogP contribution < -0.4 is 0 Å². The normalized spacial score (nSPS) is 17.2. The van der Waals surface area contributed by atoms with Gasteiger partial charge in [0, 0.05) is 18.7 Å². The Kier molecular flexibility index (Phi) is 5.35. The zero-order valence-corrected chi connectivity index (χ0v) is 14.7. The fourth-order valence-corrected chi connectivity index (χ4v) is 3.44. The first-order chi connectivity index (χ1) is 12.4. The highest BCUT2D eigenvalue weighted by molar-refractivity contribution is 5.94. The van der Waals surface area contributed by atoms with Crippen LogP contribution in [-0.2, 0) is 6.42 Å². The molecule has 0 aliphatic carbocycles. The Bertz CT molecular complexity index is 817. The van der Waals surface area contributed by atoms with Gasteiger partial charge in [0.15, 0.2) is 0 Å². The molecule has 0 bridgehead atoms.